The highest BCUT2D eigenvalue weighted by Gasteiger charge is 2.05. The third kappa shape index (κ3) is 16.3. The van der Waals surface area contributed by atoms with Gasteiger partial charge in [-0.3, -0.25) is 4.99 Å². The Hall–Kier alpha value is -3.36. The fourth-order valence-corrected chi connectivity index (χ4v) is 2.58. The second-order valence-corrected chi connectivity index (χ2v) is 7.27. The Morgan fingerprint density at radius 2 is 1.76 bits per heavy atom. The van der Waals surface area contributed by atoms with Gasteiger partial charge in [-0.2, -0.15) is 0 Å². The van der Waals surface area contributed by atoms with E-state index in [0.29, 0.717) is 18.8 Å². The van der Waals surface area contributed by atoms with Gasteiger partial charge in [-0.15, -0.1) is 12.8 Å². The highest BCUT2D eigenvalue weighted by atomic mass is 19.1. The molecule has 0 heterocycles. The third-order valence-corrected chi connectivity index (χ3v) is 4.52. The van der Waals surface area contributed by atoms with Gasteiger partial charge in [-0.25, -0.2) is 4.39 Å². The maximum atomic E-state index is 14.5. The molecule has 186 valence electrons. The molecule has 34 heavy (non-hydrogen) atoms. The number of rotatable bonds is 15. The maximum absolute atomic E-state index is 14.5. The van der Waals surface area contributed by atoms with E-state index in [0.717, 1.165) is 34.3 Å². The van der Waals surface area contributed by atoms with Crippen LogP contribution in [0.2, 0.25) is 0 Å². The normalized spacial score (nSPS) is 14.0. The molecule has 0 saturated heterocycles. The van der Waals surface area contributed by atoms with Crippen LogP contribution in [0.1, 0.15) is 47.0 Å². The van der Waals surface area contributed by atoms with Crippen molar-refractivity contribution >= 4 is 6.72 Å². The predicted molar refractivity (Wildman–Crippen MR) is 146 cm³/mol. The fraction of sp³-hybridized carbons (Fsp3) is 0.345. The smallest absolute Gasteiger partial charge is 0.122 e. The fourth-order valence-electron chi connectivity index (χ4n) is 2.58. The molecule has 0 saturated carbocycles. The minimum Gasteiger partial charge on any atom is -0.491 e. The van der Waals surface area contributed by atoms with Crippen LogP contribution < -0.4 is 5.73 Å². The number of allylic oxidation sites excluding steroid dienone is 10. The minimum absolute atomic E-state index is 0.233. The van der Waals surface area contributed by atoms with E-state index in [-0.39, 0.29) is 18.9 Å². The van der Waals surface area contributed by atoms with E-state index in [4.69, 9.17) is 15.2 Å². The second-order valence-electron chi connectivity index (χ2n) is 7.27. The van der Waals surface area contributed by atoms with E-state index in [1.165, 1.54) is 12.3 Å². The summed E-state index contributed by atoms with van der Waals surface area (Å²) in [7, 11) is 1.57. The summed E-state index contributed by atoms with van der Waals surface area (Å²) in [5, 5.41) is 0. The van der Waals surface area contributed by atoms with E-state index >= 15 is 0 Å². The van der Waals surface area contributed by atoms with Crippen molar-refractivity contribution in [2.75, 3.05) is 20.3 Å². The number of hydrogen-bond acceptors (Lipinski definition) is 4. The van der Waals surface area contributed by atoms with Crippen LogP contribution in [0.4, 0.5) is 4.39 Å². The first kappa shape index (κ1) is 32.8. The van der Waals surface area contributed by atoms with E-state index < -0.39 is 0 Å². The van der Waals surface area contributed by atoms with Gasteiger partial charge in [0.2, 0.25) is 0 Å². The SMILES string of the molecule is C#C.C=N\C=C(/C=C(C)/C(=C\N)CC/C(F)=C\C=C(/COC)OCC(/C=C\C(=C)C)=C/C)CC. The van der Waals surface area contributed by atoms with E-state index in [1.54, 1.807) is 19.4 Å². The lowest BCUT2D eigenvalue weighted by atomic mass is 10.00. The Kier molecular flexibility index (Phi) is 20.7. The summed E-state index contributed by atoms with van der Waals surface area (Å²) in [6.07, 6.45) is 23.6. The first-order valence-corrected chi connectivity index (χ1v) is 11.0. The van der Waals surface area contributed by atoms with E-state index in [9.17, 15) is 4.39 Å². The predicted octanol–water partition coefficient (Wildman–Crippen LogP) is 7.28. The van der Waals surface area contributed by atoms with Crippen LogP contribution in [0.15, 0.2) is 99.9 Å². The molecule has 0 aliphatic carbocycles. The van der Waals surface area contributed by atoms with Gasteiger partial charge in [0.1, 0.15) is 24.8 Å². The lowest BCUT2D eigenvalue weighted by Gasteiger charge is -2.10. The summed E-state index contributed by atoms with van der Waals surface area (Å²) >= 11 is 0. The van der Waals surface area contributed by atoms with Crippen molar-refractivity contribution in [1.29, 1.82) is 0 Å². The summed E-state index contributed by atoms with van der Waals surface area (Å²) in [5.74, 6) is 0.285. The van der Waals surface area contributed by atoms with Crippen LogP contribution in [-0.2, 0) is 9.47 Å². The summed E-state index contributed by atoms with van der Waals surface area (Å²) in [6, 6.07) is 0. The van der Waals surface area contributed by atoms with Gasteiger partial charge < -0.3 is 15.2 Å². The van der Waals surface area contributed by atoms with Crippen molar-refractivity contribution in [3.8, 4) is 12.8 Å². The molecule has 0 fully saturated rings. The molecule has 0 unspecified atom stereocenters. The highest BCUT2D eigenvalue weighted by molar-refractivity contribution is 5.37. The quantitative estimate of drug-likeness (QED) is 0.119. The molecule has 0 radical (unpaired) electrons. The molecule has 0 spiro atoms. The van der Waals surface area contributed by atoms with Crippen LogP contribution in [-0.4, -0.2) is 27.0 Å². The van der Waals surface area contributed by atoms with Crippen LogP contribution in [0, 0.1) is 12.8 Å². The highest BCUT2D eigenvalue weighted by Crippen LogP contribution is 2.21. The Balaban J connectivity index is 0. The molecule has 0 rings (SSSR count). The van der Waals surface area contributed by atoms with Gasteiger partial charge in [-0.05, 0) is 81.0 Å². The third-order valence-electron chi connectivity index (χ3n) is 4.52. The molecule has 2 N–H and O–H groups in total. The van der Waals surface area contributed by atoms with Crippen molar-refractivity contribution in [3.05, 3.63) is 94.9 Å². The average molecular weight is 469 g/mol. The monoisotopic (exact) mass is 468 g/mol. The average Bonchev–Trinajstić information content (AvgIpc) is 2.83. The molecule has 0 atom stereocenters. The number of hydrogen-bond donors (Lipinski definition) is 1. The number of terminal acetylenes is 1. The van der Waals surface area contributed by atoms with Crippen LogP contribution in [0.3, 0.4) is 0 Å². The minimum atomic E-state index is -0.262. The summed E-state index contributed by atoms with van der Waals surface area (Å²) < 4.78 is 25.4. The molecule has 0 aromatic rings. The van der Waals surface area contributed by atoms with Crippen molar-refractivity contribution in [2.24, 2.45) is 10.7 Å². The maximum Gasteiger partial charge on any atom is 0.122 e. The molecule has 0 aliphatic rings. The summed E-state index contributed by atoms with van der Waals surface area (Å²) in [4.78, 5) is 3.81. The standard InChI is InChI=1S/C27H39FN2O2.C2H2/c1-8-23(11-10-21(3)4)19-32-27(20-31-7)15-14-26(28)13-12-25(17-29)22(5)16-24(9-2)18-30-6;1-2/h8,10-11,14-18H,3,6,9,12-13,19-20,29H2,1-2,4-5,7H3;1-2H/b11-10-,22-16+,23-8+,24-18-,25-17-,26-14+,27-15+;. The molecule has 0 bridgehead atoms. The Labute approximate surface area is 206 Å². The first-order valence-electron chi connectivity index (χ1n) is 11.0. The summed E-state index contributed by atoms with van der Waals surface area (Å²) in [6.45, 7) is 15.8. The summed E-state index contributed by atoms with van der Waals surface area (Å²) in [5.41, 5.74) is 10.6. The second kappa shape index (κ2) is 21.5. The molecule has 0 aromatic carbocycles. The van der Waals surface area contributed by atoms with E-state index in [2.05, 4.69) is 31.1 Å². The van der Waals surface area contributed by atoms with Gasteiger partial charge in [-0.1, -0.05) is 43.4 Å². The number of nitrogens with two attached hydrogens (primary N) is 1. The van der Waals surface area contributed by atoms with Crippen molar-refractivity contribution < 1.29 is 13.9 Å². The zero-order valence-electron chi connectivity index (χ0n) is 21.4. The van der Waals surface area contributed by atoms with Gasteiger partial charge >= 0.3 is 0 Å². The van der Waals surface area contributed by atoms with Crippen molar-refractivity contribution in [2.45, 2.75) is 47.0 Å². The molecule has 0 amide bonds. The Morgan fingerprint density at radius 1 is 1.09 bits per heavy atom. The lowest BCUT2D eigenvalue weighted by Crippen LogP contribution is -2.02. The Bertz CT molecular complexity index is 866. The topological polar surface area (TPSA) is 56.8 Å². The number of aliphatic imine (C=N–C) groups is 1. The van der Waals surface area contributed by atoms with Gasteiger partial charge in [0.05, 0.1) is 0 Å². The zero-order valence-corrected chi connectivity index (χ0v) is 21.4. The zero-order chi connectivity index (χ0) is 26.4. The molecular formula is C29H41FN2O2. The largest absolute Gasteiger partial charge is 0.491 e. The van der Waals surface area contributed by atoms with Crippen molar-refractivity contribution in [1.82, 2.24) is 0 Å². The molecule has 0 aliphatic heterocycles. The molecule has 5 heteroatoms. The van der Waals surface area contributed by atoms with Crippen molar-refractivity contribution in [3.63, 3.8) is 0 Å². The van der Waals surface area contributed by atoms with Crippen LogP contribution in [0.5, 0.6) is 0 Å². The first-order chi connectivity index (χ1) is 16.3. The number of nitrogens with zero attached hydrogens (tertiary/aromatic N) is 1. The molecule has 0 aromatic heterocycles. The van der Waals surface area contributed by atoms with Gasteiger partial charge in [0.25, 0.3) is 0 Å². The van der Waals surface area contributed by atoms with E-state index in [1.807, 2.05) is 52.0 Å². The van der Waals surface area contributed by atoms with Gasteiger partial charge in [0.15, 0.2) is 0 Å². The van der Waals surface area contributed by atoms with Gasteiger partial charge in [0, 0.05) is 19.7 Å². The number of halogens is 1. The van der Waals surface area contributed by atoms with Crippen LogP contribution in [0.25, 0.3) is 0 Å². The number of methoxy groups -OCH3 is 1. The number of ether oxygens (including phenoxy) is 2. The lowest BCUT2D eigenvalue weighted by molar-refractivity contribution is 0.143. The molecule has 4 nitrogen and oxygen atoms in total. The van der Waals surface area contributed by atoms with Crippen LogP contribution >= 0.6 is 0 Å². The molecular weight excluding hydrogens is 427 g/mol. The Morgan fingerprint density at radius 3 is 2.26 bits per heavy atom.